The van der Waals surface area contributed by atoms with Crippen molar-refractivity contribution in [3.05, 3.63) is 69.0 Å². The van der Waals surface area contributed by atoms with E-state index in [-0.39, 0.29) is 11.3 Å². The van der Waals surface area contributed by atoms with Gasteiger partial charge in [-0.15, -0.1) is 0 Å². The number of carbonyl (C=O) groups is 1. The van der Waals surface area contributed by atoms with Gasteiger partial charge in [0.25, 0.3) is 0 Å². The highest BCUT2D eigenvalue weighted by Crippen LogP contribution is 2.26. The SMILES string of the molecule is O=C(c1cc(Br)ccc1F)c1c[nH]c2cc(Cl)ccc12. The van der Waals surface area contributed by atoms with Gasteiger partial charge in [0.1, 0.15) is 5.82 Å². The van der Waals surface area contributed by atoms with Crippen LogP contribution in [0, 0.1) is 5.82 Å². The third-order valence-electron chi connectivity index (χ3n) is 3.06. The maximum atomic E-state index is 13.8. The number of ketones is 1. The van der Waals surface area contributed by atoms with Crippen molar-refractivity contribution < 1.29 is 9.18 Å². The lowest BCUT2D eigenvalue weighted by Crippen LogP contribution is -2.03. The van der Waals surface area contributed by atoms with Crippen molar-refractivity contribution in [2.45, 2.75) is 0 Å². The van der Waals surface area contributed by atoms with Gasteiger partial charge < -0.3 is 4.98 Å². The second-order valence-corrected chi connectivity index (χ2v) is 5.70. The van der Waals surface area contributed by atoms with Gasteiger partial charge in [-0.3, -0.25) is 4.79 Å². The zero-order valence-corrected chi connectivity index (χ0v) is 12.4. The molecule has 20 heavy (non-hydrogen) atoms. The largest absolute Gasteiger partial charge is 0.360 e. The number of halogens is 3. The summed E-state index contributed by atoms with van der Waals surface area (Å²) in [6.45, 7) is 0. The molecule has 0 fully saturated rings. The van der Waals surface area contributed by atoms with Gasteiger partial charge in [0.05, 0.1) is 5.56 Å². The van der Waals surface area contributed by atoms with E-state index >= 15 is 0 Å². The summed E-state index contributed by atoms with van der Waals surface area (Å²) in [5, 5.41) is 1.30. The molecule has 5 heteroatoms. The zero-order chi connectivity index (χ0) is 14.3. The zero-order valence-electron chi connectivity index (χ0n) is 10.1. The summed E-state index contributed by atoms with van der Waals surface area (Å²) >= 11 is 9.14. The first-order chi connectivity index (χ1) is 9.56. The molecule has 0 amide bonds. The molecule has 0 unspecified atom stereocenters. The van der Waals surface area contributed by atoms with Crippen LogP contribution in [-0.4, -0.2) is 10.8 Å². The van der Waals surface area contributed by atoms with E-state index in [1.54, 1.807) is 30.5 Å². The Bertz CT molecular complexity index is 828. The highest BCUT2D eigenvalue weighted by molar-refractivity contribution is 9.10. The van der Waals surface area contributed by atoms with Crippen molar-refractivity contribution in [1.82, 2.24) is 4.98 Å². The molecule has 0 saturated carbocycles. The average Bonchev–Trinajstić information content (AvgIpc) is 2.83. The normalized spacial score (nSPS) is 10.9. The van der Waals surface area contributed by atoms with E-state index in [1.807, 2.05) is 0 Å². The van der Waals surface area contributed by atoms with E-state index in [2.05, 4.69) is 20.9 Å². The van der Waals surface area contributed by atoms with Crippen molar-refractivity contribution in [3.8, 4) is 0 Å². The van der Waals surface area contributed by atoms with Crippen molar-refractivity contribution in [2.75, 3.05) is 0 Å². The van der Waals surface area contributed by atoms with Crippen LogP contribution in [0.5, 0.6) is 0 Å². The smallest absolute Gasteiger partial charge is 0.198 e. The Balaban J connectivity index is 2.15. The van der Waals surface area contributed by atoms with Crippen molar-refractivity contribution in [3.63, 3.8) is 0 Å². The molecule has 1 N–H and O–H groups in total. The fourth-order valence-corrected chi connectivity index (χ4v) is 2.64. The second kappa shape index (κ2) is 5.04. The van der Waals surface area contributed by atoms with Crippen LogP contribution >= 0.6 is 27.5 Å². The van der Waals surface area contributed by atoms with E-state index in [0.717, 1.165) is 10.9 Å². The molecule has 2 nitrogen and oxygen atoms in total. The Morgan fingerprint density at radius 1 is 1.15 bits per heavy atom. The Kier molecular flexibility index (Phi) is 3.36. The van der Waals surface area contributed by atoms with Gasteiger partial charge >= 0.3 is 0 Å². The first-order valence-electron chi connectivity index (χ1n) is 5.82. The van der Waals surface area contributed by atoms with Crippen molar-refractivity contribution in [2.24, 2.45) is 0 Å². The fraction of sp³-hybridized carbons (Fsp3) is 0. The highest BCUT2D eigenvalue weighted by Gasteiger charge is 2.18. The monoisotopic (exact) mass is 351 g/mol. The van der Waals surface area contributed by atoms with Gasteiger partial charge in [0.2, 0.25) is 0 Å². The number of rotatable bonds is 2. The van der Waals surface area contributed by atoms with E-state index in [4.69, 9.17) is 11.6 Å². The fourth-order valence-electron chi connectivity index (χ4n) is 2.10. The molecule has 1 aromatic heterocycles. The van der Waals surface area contributed by atoms with Crippen molar-refractivity contribution in [1.29, 1.82) is 0 Å². The topological polar surface area (TPSA) is 32.9 Å². The molecular weight excluding hydrogens is 345 g/mol. The van der Waals surface area contributed by atoms with Crippen LogP contribution in [0.15, 0.2) is 47.1 Å². The Morgan fingerprint density at radius 2 is 1.95 bits per heavy atom. The van der Waals surface area contributed by atoms with E-state index in [0.29, 0.717) is 15.1 Å². The van der Waals surface area contributed by atoms with E-state index in [9.17, 15) is 9.18 Å². The summed E-state index contributed by atoms with van der Waals surface area (Å²) in [6, 6.07) is 9.48. The maximum absolute atomic E-state index is 13.8. The summed E-state index contributed by atoms with van der Waals surface area (Å²) in [4.78, 5) is 15.4. The van der Waals surface area contributed by atoms with Gasteiger partial charge in [0, 0.05) is 32.2 Å². The van der Waals surface area contributed by atoms with Gasteiger partial charge in [-0.1, -0.05) is 33.6 Å². The number of H-pyrrole nitrogens is 1. The minimum absolute atomic E-state index is 0.0372. The van der Waals surface area contributed by atoms with Crippen LogP contribution in [-0.2, 0) is 0 Å². The second-order valence-electron chi connectivity index (χ2n) is 4.35. The number of benzene rings is 2. The summed E-state index contributed by atoms with van der Waals surface area (Å²) in [7, 11) is 0. The summed E-state index contributed by atoms with van der Waals surface area (Å²) in [5.74, 6) is -0.904. The third-order valence-corrected chi connectivity index (χ3v) is 3.79. The van der Waals surface area contributed by atoms with Crippen LogP contribution in [0.4, 0.5) is 4.39 Å². The molecule has 1 heterocycles. The molecule has 0 radical (unpaired) electrons. The molecule has 0 spiro atoms. The number of nitrogens with one attached hydrogen (secondary N) is 1. The lowest BCUT2D eigenvalue weighted by Gasteiger charge is -2.02. The summed E-state index contributed by atoms with van der Waals surface area (Å²) in [5.41, 5.74) is 1.21. The Labute approximate surface area is 127 Å². The number of fused-ring (bicyclic) bond motifs is 1. The third kappa shape index (κ3) is 2.25. The lowest BCUT2D eigenvalue weighted by atomic mass is 10.0. The minimum atomic E-state index is -0.540. The molecule has 0 aliphatic rings. The molecule has 3 rings (SSSR count). The first kappa shape index (κ1) is 13.3. The number of hydrogen-bond acceptors (Lipinski definition) is 1. The first-order valence-corrected chi connectivity index (χ1v) is 7.00. The van der Waals surface area contributed by atoms with E-state index < -0.39 is 5.82 Å². The molecule has 0 aliphatic carbocycles. The molecule has 0 saturated heterocycles. The van der Waals surface area contributed by atoms with Crippen LogP contribution in [0.3, 0.4) is 0 Å². The quantitative estimate of drug-likeness (QED) is 0.650. The molecule has 0 atom stereocenters. The number of aromatic nitrogens is 1. The van der Waals surface area contributed by atoms with E-state index in [1.165, 1.54) is 12.1 Å². The van der Waals surface area contributed by atoms with Crippen molar-refractivity contribution >= 4 is 44.2 Å². The molecular formula is C15H8BrClFNO. The predicted octanol–water partition coefficient (Wildman–Crippen LogP) is 4.95. The molecule has 2 aromatic carbocycles. The summed E-state index contributed by atoms with van der Waals surface area (Å²) < 4.78 is 14.5. The van der Waals surface area contributed by atoms with Gasteiger partial charge in [-0.05, 0) is 30.3 Å². The van der Waals surface area contributed by atoms with Gasteiger partial charge in [0.15, 0.2) is 5.78 Å². The average molecular weight is 353 g/mol. The molecule has 100 valence electrons. The Hall–Kier alpha value is -1.65. The van der Waals surface area contributed by atoms with Gasteiger partial charge in [-0.2, -0.15) is 0 Å². The number of carbonyl (C=O) groups excluding carboxylic acids is 1. The molecule has 0 bridgehead atoms. The highest BCUT2D eigenvalue weighted by atomic mass is 79.9. The molecule has 0 aliphatic heterocycles. The number of hydrogen-bond donors (Lipinski definition) is 1. The minimum Gasteiger partial charge on any atom is -0.360 e. The van der Waals surface area contributed by atoms with Crippen LogP contribution in [0.2, 0.25) is 5.02 Å². The summed E-state index contributed by atoms with van der Waals surface area (Å²) in [6.07, 6.45) is 1.57. The number of aromatic amines is 1. The Morgan fingerprint density at radius 3 is 2.75 bits per heavy atom. The van der Waals surface area contributed by atoms with Crippen LogP contribution in [0.25, 0.3) is 10.9 Å². The maximum Gasteiger partial charge on any atom is 0.198 e. The predicted molar refractivity (Wildman–Crippen MR) is 80.8 cm³/mol. The molecule has 3 aromatic rings. The standard InChI is InChI=1S/C15H8BrClFNO/c16-8-1-4-13(18)11(5-8)15(20)12-7-19-14-6-9(17)2-3-10(12)14/h1-7,19H. The van der Waals surface area contributed by atoms with Crippen LogP contribution < -0.4 is 0 Å². The van der Waals surface area contributed by atoms with Gasteiger partial charge in [-0.25, -0.2) is 4.39 Å². The van der Waals surface area contributed by atoms with Crippen LogP contribution in [0.1, 0.15) is 15.9 Å². The lowest BCUT2D eigenvalue weighted by molar-refractivity contribution is 0.103.